The molecule has 0 aliphatic rings. The number of carbonyl (C=O) groups is 1. The predicted octanol–water partition coefficient (Wildman–Crippen LogP) is 3.27. The number of carboxylic acid groups (broad SMARTS) is 1. The van der Waals surface area contributed by atoms with Crippen molar-refractivity contribution in [2.24, 2.45) is 0 Å². The van der Waals surface area contributed by atoms with E-state index in [1.807, 2.05) is 31.2 Å². The summed E-state index contributed by atoms with van der Waals surface area (Å²) in [6.07, 6.45) is 1.15. The highest BCUT2D eigenvalue weighted by Gasteiger charge is 2.24. The van der Waals surface area contributed by atoms with Gasteiger partial charge < -0.3 is 5.11 Å². The van der Waals surface area contributed by atoms with Crippen LogP contribution in [0.25, 0.3) is 0 Å². The summed E-state index contributed by atoms with van der Waals surface area (Å²) in [5, 5.41) is 9.93. The van der Waals surface area contributed by atoms with E-state index in [4.69, 9.17) is 0 Å². The molecule has 19 heavy (non-hydrogen) atoms. The first-order chi connectivity index (χ1) is 9.10. The van der Waals surface area contributed by atoms with Crippen molar-refractivity contribution in [2.75, 3.05) is 0 Å². The van der Waals surface area contributed by atoms with E-state index in [-0.39, 0.29) is 0 Å². The van der Waals surface area contributed by atoms with Gasteiger partial charge in [0, 0.05) is 10.9 Å². The minimum Gasteiger partial charge on any atom is -0.481 e. The summed E-state index contributed by atoms with van der Waals surface area (Å²) in [5.74, 6) is -0.775. The molecule has 100 valence electrons. The van der Waals surface area contributed by atoms with Crippen LogP contribution in [-0.2, 0) is 17.6 Å². The van der Waals surface area contributed by atoms with Gasteiger partial charge >= 0.3 is 5.97 Å². The standard InChI is InChI=1S/C13H13BrN2O2S/c1-2-11-15-12(19-16-11)10(13(17)18)7-8-3-5-9(14)6-4-8/h3-6,10H,2,7H2,1H3,(H,17,18). The van der Waals surface area contributed by atoms with Crippen molar-refractivity contribution in [1.29, 1.82) is 0 Å². The van der Waals surface area contributed by atoms with Gasteiger partial charge in [-0.15, -0.1) is 0 Å². The third kappa shape index (κ3) is 3.61. The number of benzene rings is 1. The maximum absolute atomic E-state index is 11.4. The smallest absolute Gasteiger partial charge is 0.313 e. The Morgan fingerprint density at radius 1 is 1.42 bits per heavy atom. The lowest BCUT2D eigenvalue weighted by atomic mass is 10.0. The Morgan fingerprint density at radius 2 is 2.11 bits per heavy atom. The molecular weight excluding hydrogens is 328 g/mol. The van der Waals surface area contributed by atoms with Gasteiger partial charge in [-0.1, -0.05) is 35.0 Å². The van der Waals surface area contributed by atoms with E-state index in [0.29, 0.717) is 17.3 Å². The lowest BCUT2D eigenvalue weighted by Gasteiger charge is -2.09. The molecule has 0 bridgehead atoms. The van der Waals surface area contributed by atoms with E-state index in [0.717, 1.165) is 16.5 Å². The molecule has 0 saturated carbocycles. The van der Waals surface area contributed by atoms with Crippen LogP contribution in [0.3, 0.4) is 0 Å². The molecule has 0 spiro atoms. The van der Waals surface area contributed by atoms with Gasteiger partial charge in [0.15, 0.2) is 0 Å². The van der Waals surface area contributed by atoms with Crippen LogP contribution in [0.15, 0.2) is 28.7 Å². The Morgan fingerprint density at radius 3 is 2.63 bits per heavy atom. The summed E-state index contributed by atoms with van der Waals surface area (Å²) in [5.41, 5.74) is 0.976. The number of aryl methyl sites for hydroxylation is 1. The second-order valence-corrected chi connectivity index (χ2v) is 5.82. The Hall–Kier alpha value is -1.27. The van der Waals surface area contributed by atoms with Crippen LogP contribution < -0.4 is 0 Å². The lowest BCUT2D eigenvalue weighted by Crippen LogP contribution is -2.14. The number of hydrogen-bond donors (Lipinski definition) is 1. The third-order valence-electron chi connectivity index (χ3n) is 2.75. The average Bonchev–Trinajstić information content (AvgIpc) is 2.86. The molecule has 1 heterocycles. The minimum atomic E-state index is -0.860. The zero-order chi connectivity index (χ0) is 13.8. The third-order valence-corrected chi connectivity index (χ3v) is 4.14. The van der Waals surface area contributed by atoms with Gasteiger partial charge in [-0.2, -0.15) is 4.37 Å². The number of carboxylic acids is 1. The highest BCUT2D eigenvalue weighted by Crippen LogP contribution is 2.24. The van der Waals surface area contributed by atoms with Crippen molar-refractivity contribution >= 4 is 33.4 Å². The first-order valence-corrected chi connectivity index (χ1v) is 7.46. The van der Waals surface area contributed by atoms with Gasteiger partial charge in [-0.05, 0) is 35.6 Å². The van der Waals surface area contributed by atoms with Gasteiger partial charge in [0.25, 0.3) is 0 Å². The SMILES string of the molecule is CCc1nsc(C(Cc2ccc(Br)cc2)C(=O)O)n1. The number of hydrogen-bond acceptors (Lipinski definition) is 4. The largest absolute Gasteiger partial charge is 0.481 e. The molecule has 4 nitrogen and oxygen atoms in total. The molecule has 2 rings (SSSR count). The van der Waals surface area contributed by atoms with Gasteiger partial charge in [0.1, 0.15) is 16.7 Å². The summed E-state index contributed by atoms with van der Waals surface area (Å²) in [6, 6.07) is 7.65. The number of aromatic nitrogens is 2. The Labute approximate surface area is 123 Å². The fraction of sp³-hybridized carbons (Fsp3) is 0.308. The molecule has 0 radical (unpaired) electrons. The Balaban J connectivity index is 2.21. The van der Waals surface area contributed by atoms with E-state index >= 15 is 0 Å². The molecule has 6 heteroatoms. The average molecular weight is 341 g/mol. The second-order valence-electron chi connectivity index (χ2n) is 4.12. The minimum absolute atomic E-state index is 0.432. The van der Waals surface area contributed by atoms with Crippen LogP contribution in [-0.4, -0.2) is 20.4 Å². The van der Waals surface area contributed by atoms with Crippen molar-refractivity contribution in [3.05, 3.63) is 45.1 Å². The maximum atomic E-state index is 11.4. The Bertz CT molecular complexity index is 568. The van der Waals surface area contributed by atoms with Crippen molar-refractivity contribution < 1.29 is 9.90 Å². The quantitative estimate of drug-likeness (QED) is 0.907. The highest BCUT2D eigenvalue weighted by atomic mass is 79.9. The molecular formula is C13H13BrN2O2S. The fourth-order valence-electron chi connectivity index (χ4n) is 1.69. The molecule has 0 saturated heterocycles. The molecule has 0 amide bonds. The van der Waals surface area contributed by atoms with Crippen LogP contribution in [0, 0.1) is 0 Å². The van der Waals surface area contributed by atoms with Gasteiger partial charge in [0.05, 0.1) is 0 Å². The van der Waals surface area contributed by atoms with E-state index in [2.05, 4.69) is 25.3 Å². The summed E-state index contributed by atoms with van der Waals surface area (Å²) in [6.45, 7) is 1.95. The van der Waals surface area contributed by atoms with Crippen LogP contribution in [0.2, 0.25) is 0 Å². The number of nitrogens with zero attached hydrogens (tertiary/aromatic N) is 2. The first kappa shape index (κ1) is 14.1. The molecule has 1 atom stereocenters. The van der Waals surface area contributed by atoms with Crippen molar-refractivity contribution in [3.63, 3.8) is 0 Å². The lowest BCUT2D eigenvalue weighted by molar-refractivity contribution is -0.138. The van der Waals surface area contributed by atoms with E-state index in [1.54, 1.807) is 0 Å². The molecule has 1 N–H and O–H groups in total. The van der Waals surface area contributed by atoms with E-state index in [9.17, 15) is 9.90 Å². The zero-order valence-electron chi connectivity index (χ0n) is 10.3. The van der Waals surface area contributed by atoms with Crippen molar-refractivity contribution in [1.82, 2.24) is 9.36 Å². The van der Waals surface area contributed by atoms with Crippen molar-refractivity contribution in [3.8, 4) is 0 Å². The Kier molecular flexibility index (Phi) is 4.66. The molecule has 1 unspecified atom stereocenters. The molecule has 2 aromatic rings. The van der Waals surface area contributed by atoms with Crippen LogP contribution in [0.5, 0.6) is 0 Å². The molecule has 1 aromatic carbocycles. The van der Waals surface area contributed by atoms with E-state index < -0.39 is 11.9 Å². The number of aliphatic carboxylic acids is 1. The predicted molar refractivity (Wildman–Crippen MR) is 77.5 cm³/mol. The summed E-state index contributed by atoms with van der Waals surface area (Å²) < 4.78 is 5.13. The second kappa shape index (κ2) is 6.25. The van der Waals surface area contributed by atoms with Gasteiger partial charge in [-0.3, -0.25) is 4.79 Å². The number of rotatable bonds is 5. The highest BCUT2D eigenvalue weighted by molar-refractivity contribution is 9.10. The molecule has 1 aromatic heterocycles. The molecule has 0 aliphatic carbocycles. The normalized spacial score (nSPS) is 12.3. The summed E-state index contributed by atoms with van der Waals surface area (Å²) in [7, 11) is 0. The maximum Gasteiger partial charge on any atom is 0.313 e. The topological polar surface area (TPSA) is 63.1 Å². The van der Waals surface area contributed by atoms with Gasteiger partial charge in [0.2, 0.25) is 0 Å². The van der Waals surface area contributed by atoms with Crippen molar-refractivity contribution in [2.45, 2.75) is 25.7 Å². The first-order valence-electron chi connectivity index (χ1n) is 5.90. The molecule has 0 aliphatic heterocycles. The van der Waals surface area contributed by atoms with Crippen LogP contribution in [0.4, 0.5) is 0 Å². The fourth-order valence-corrected chi connectivity index (χ4v) is 2.78. The van der Waals surface area contributed by atoms with Gasteiger partial charge in [-0.25, -0.2) is 4.98 Å². The molecule has 0 fully saturated rings. The number of halogens is 1. The van der Waals surface area contributed by atoms with Crippen LogP contribution in [0.1, 0.15) is 29.2 Å². The summed E-state index contributed by atoms with van der Waals surface area (Å²) in [4.78, 5) is 15.7. The van der Waals surface area contributed by atoms with E-state index in [1.165, 1.54) is 11.5 Å². The van der Waals surface area contributed by atoms with Crippen LogP contribution >= 0.6 is 27.5 Å². The monoisotopic (exact) mass is 340 g/mol. The zero-order valence-corrected chi connectivity index (χ0v) is 12.7. The summed E-state index contributed by atoms with van der Waals surface area (Å²) >= 11 is 4.54.